The molecule has 0 radical (unpaired) electrons. The van der Waals surface area contributed by atoms with Crippen molar-refractivity contribution in [1.82, 2.24) is 15.0 Å². The highest BCUT2D eigenvalue weighted by atomic mass is 16.1. The van der Waals surface area contributed by atoms with Crippen LogP contribution in [0.15, 0.2) is 11.1 Å². The van der Waals surface area contributed by atoms with E-state index in [1.54, 1.807) is 0 Å². The lowest BCUT2D eigenvalue weighted by Crippen LogP contribution is -2.39. The second kappa shape index (κ2) is 3.18. The summed E-state index contributed by atoms with van der Waals surface area (Å²) in [4.78, 5) is 21.7. The summed E-state index contributed by atoms with van der Waals surface area (Å²) in [5.41, 5.74) is 1.34. The van der Waals surface area contributed by atoms with Gasteiger partial charge in [0.25, 0.3) is 17.0 Å². The van der Waals surface area contributed by atoms with Gasteiger partial charge >= 0.3 is 5.56 Å². The maximum atomic E-state index is 11.7. The average molecular weight is 205 g/mol. The summed E-state index contributed by atoms with van der Waals surface area (Å²) < 4.78 is 2.08. The Morgan fingerprint density at radius 1 is 1.33 bits per heavy atom. The molecule has 5 nitrogen and oxygen atoms in total. The van der Waals surface area contributed by atoms with Crippen LogP contribution in [0.3, 0.4) is 0 Å². The van der Waals surface area contributed by atoms with E-state index in [0.717, 1.165) is 25.2 Å². The Hall–Kier alpha value is -1.65. The first-order chi connectivity index (χ1) is 7.36. The molecule has 0 aromatic carbocycles. The minimum absolute atomic E-state index is 0.0515. The number of hydrogen-bond donors (Lipinski definition) is 2. The van der Waals surface area contributed by atoms with Gasteiger partial charge in [-0.25, -0.2) is 9.55 Å². The van der Waals surface area contributed by atoms with Crippen molar-refractivity contribution < 1.29 is 4.57 Å². The molecular formula is C10H13N4O+. The van der Waals surface area contributed by atoms with Crippen molar-refractivity contribution in [3.63, 3.8) is 0 Å². The monoisotopic (exact) mass is 205 g/mol. The third-order valence-corrected chi connectivity index (χ3v) is 2.98. The van der Waals surface area contributed by atoms with Gasteiger partial charge in [-0.05, 0) is 19.3 Å². The molecule has 0 aliphatic carbocycles. The van der Waals surface area contributed by atoms with Gasteiger partial charge in [0.1, 0.15) is 0 Å². The number of aryl methyl sites for hydroxylation is 2. The van der Waals surface area contributed by atoms with Crippen molar-refractivity contribution in [1.29, 1.82) is 0 Å². The molecule has 0 unspecified atom stereocenters. The van der Waals surface area contributed by atoms with Gasteiger partial charge in [0.2, 0.25) is 0 Å². The molecule has 2 aromatic rings. The fourth-order valence-electron chi connectivity index (χ4n) is 2.26. The number of hydrogen-bond acceptors (Lipinski definition) is 2. The van der Waals surface area contributed by atoms with Crippen molar-refractivity contribution in [3.05, 3.63) is 22.5 Å². The van der Waals surface area contributed by atoms with Crippen molar-refractivity contribution in [2.75, 3.05) is 0 Å². The molecule has 78 valence electrons. The van der Waals surface area contributed by atoms with Crippen LogP contribution in [-0.2, 0) is 13.0 Å². The van der Waals surface area contributed by atoms with E-state index in [-0.39, 0.29) is 5.56 Å². The summed E-state index contributed by atoms with van der Waals surface area (Å²) >= 11 is 0. The van der Waals surface area contributed by atoms with E-state index in [9.17, 15) is 4.79 Å². The molecule has 0 atom stereocenters. The van der Waals surface area contributed by atoms with Crippen LogP contribution in [0.2, 0.25) is 0 Å². The second-order valence-electron chi connectivity index (χ2n) is 3.96. The van der Waals surface area contributed by atoms with Crippen LogP contribution >= 0.6 is 0 Å². The standard InChI is InChI=1S/C10H12N4O/c15-10-8-9(11-6-12-10)13-7-4-2-1-3-5-14(7)8/h6H,1-5H2,(H,11,12,15)/p+1. The Balaban J connectivity index is 2.34. The number of imidazole rings is 1. The molecular weight excluding hydrogens is 192 g/mol. The van der Waals surface area contributed by atoms with E-state index in [2.05, 4.69) is 19.5 Å². The van der Waals surface area contributed by atoms with Gasteiger partial charge < -0.3 is 4.98 Å². The Morgan fingerprint density at radius 2 is 2.27 bits per heavy atom. The van der Waals surface area contributed by atoms with Gasteiger partial charge in [0.15, 0.2) is 0 Å². The van der Waals surface area contributed by atoms with Gasteiger partial charge in [-0.1, -0.05) is 0 Å². The van der Waals surface area contributed by atoms with Gasteiger partial charge in [-0.2, -0.15) is 4.98 Å². The number of aromatic nitrogens is 4. The maximum absolute atomic E-state index is 11.7. The van der Waals surface area contributed by atoms with Crippen molar-refractivity contribution >= 4 is 11.2 Å². The number of fused-ring (bicyclic) bond motifs is 3. The number of rotatable bonds is 0. The quantitative estimate of drug-likeness (QED) is 0.606. The molecule has 0 bridgehead atoms. The first-order valence-electron chi connectivity index (χ1n) is 5.34. The Labute approximate surface area is 86.2 Å². The van der Waals surface area contributed by atoms with E-state index < -0.39 is 0 Å². The molecule has 1 aliphatic heterocycles. The number of nitrogens with zero attached hydrogens (tertiary/aromatic N) is 2. The zero-order valence-corrected chi connectivity index (χ0v) is 8.42. The van der Waals surface area contributed by atoms with Crippen molar-refractivity contribution in [3.8, 4) is 0 Å². The van der Waals surface area contributed by atoms with E-state index in [1.807, 2.05) is 0 Å². The zero-order chi connectivity index (χ0) is 10.3. The molecule has 0 saturated heterocycles. The molecule has 0 amide bonds. The van der Waals surface area contributed by atoms with Crippen LogP contribution in [0.25, 0.3) is 11.2 Å². The second-order valence-corrected chi connectivity index (χ2v) is 3.96. The predicted octanol–water partition coefficient (Wildman–Crippen LogP) is 0.265. The van der Waals surface area contributed by atoms with Gasteiger partial charge in [-0.3, -0.25) is 4.79 Å². The summed E-state index contributed by atoms with van der Waals surface area (Å²) in [6.45, 7) is 0.921. The summed E-state index contributed by atoms with van der Waals surface area (Å²) in [6.07, 6.45) is 6.01. The Bertz CT molecular complexity index is 554. The SMILES string of the molecule is O=c1[nH]cnc2[nH]c3[n+](c12)CCCCC3. The third-order valence-electron chi connectivity index (χ3n) is 2.98. The van der Waals surface area contributed by atoms with Crippen molar-refractivity contribution in [2.45, 2.75) is 32.2 Å². The van der Waals surface area contributed by atoms with E-state index in [4.69, 9.17) is 0 Å². The van der Waals surface area contributed by atoms with Crippen molar-refractivity contribution in [2.24, 2.45) is 0 Å². The molecule has 15 heavy (non-hydrogen) atoms. The Kier molecular flexibility index (Phi) is 1.83. The van der Waals surface area contributed by atoms with Crippen LogP contribution < -0.4 is 10.1 Å². The molecule has 2 N–H and O–H groups in total. The average Bonchev–Trinajstić information content (AvgIpc) is 2.43. The Morgan fingerprint density at radius 3 is 3.20 bits per heavy atom. The molecule has 2 aromatic heterocycles. The first-order valence-corrected chi connectivity index (χ1v) is 5.34. The highest BCUT2D eigenvalue weighted by molar-refractivity contribution is 5.64. The summed E-state index contributed by atoms with van der Waals surface area (Å²) in [7, 11) is 0. The third kappa shape index (κ3) is 1.26. The number of aromatic amines is 2. The van der Waals surface area contributed by atoms with Crippen LogP contribution in [0.5, 0.6) is 0 Å². The van der Waals surface area contributed by atoms with Crippen LogP contribution in [-0.4, -0.2) is 15.0 Å². The summed E-state index contributed by atoms with van der Waals surface area (Å²) in [6, 6.07) is 0. The molecule has 0 spiro atoms. The molecule has 3 rings (SSSR count). The minimum Gasteiger partial charge on any atom is -0.309 e. The molecule has 0 saturated carbocycles. The van der Waals surface area contributed by atoms with E-state index in [1.165, 1.54) is 19.2 Å². The lowest BCUT2D eigenvalue weighted by atomic mass is 10.2. The molecule has 3 heterocycles. The van der Waals surface area contributed by atoms with Gasteiger partial charge in [0, 0.05) is 6.42 Å². The lowest BCUT2D eigenvalue weighted by Gasteiger charge is -1.93. The zero-order valence-electron chi connectivity index (χ0n) is 8.42. The normalized spacial score (nSPS) is 16.3. The largest absolute Gasteiger partial charge is 0.309 e. The van der Waals surface area contributed by atoms with Gasteiger partial charge in [-0.15, -0.1) is 0 Å². The first kappa shape index (κ1) is 8.64. The van der Waals surface area contributed by atoms with E-state index >= 15 is 0 Å². The highest BCUT2D eigenvalue weighted by Gasteiger charge is 2.23. The topological polar surface area (TPSA) is 65.4 Å². The molecule has 1 aliphatic rings. The highest BCUT2D eigenvalue weighted by Crippen LogP contribution is 2.10. The predicted molar refractivity (Wildman–Crippen MR) is 54.5 cm³/mol. The molecule has 0 fully saturated rings. The molecule has 5 heteroatoms. The fraction of sp³-hybridized carbons (Fsp3) is 0.500. The van der Waals surface area contributed by atoms with Crippen LogP contribution in [0.1, 0.15) is 25.1 Å². The van der Waals surface area contributed by atoms with Gasteiger partial charge in [0.05, 0.1) is 12.9 Å². The summed E-state index contributed by atoms with van der Waals surface area (Å²) in [5, 5.41) is 0. The number of H-pyrrole nitrogens is 2. The lowest BCUT2D eigenvalue weighted by molar-refractivity contribution is -0.678. The number of nitrogens with one attached hydrogen (secondary N) is 2. The summed E-state index contributed by atoms with van der Waals surface area (Å²) in [5.74, 6) is 1.13. The van der Waals surface area contributed by atoms with Crippen LogP contribution in [0, 0.1) is 0 Å². The smallest absolute Gasteiger partial charge is 0.302 e. The van der Waals surface area contributed by atoms with Crippen LogP contribution in [0.4, 0.5) is 0 Å². The maximum Gasteiger partial charge on any atom is 0.302 e. The minimum atomic E-state index is -0.0515. The van der Waals surface area contributed by atoms with E-state index in [0.29, 0.717) is 11.2 Å². The fourth-order valence-corrected chi connectivity index (χ4v) is 2.26.